The molecule has 2 aromatic carbocycles. The minimum absolute atomic E-state index is 0.111. The lowest BCUT2D eigenvalue weighted by atomic mass is 9.88. The fourth-order valence-electron chi connectivity index (χ4n) is 5.70. The second-order valence-electron chi connectivity index (χ2n) is 10.5. The van der Waals surface area contributed by atoms with Gasteiger partial charge in [-0.3, -0.25) is 9.97 Å². The number of carboxylic acid groups (broad SMARTS) is 2. The molecule has 16 heteroatoms. The van der Waals surface area contributed by atoms with E-state index in [-0.39, 0.29) is 23.0 Å². The molecule has 2 aliphatic heterocycles. The first-order chi connectivity index (χ1) is 22.3. The average Bonchev–Trinajstić information content (AvgIpc) is 3.80. The molecule has 16 nitrogen and oxygen atoms in total. The van der Waals surface area contributed by atoms with Crippen LogP contribution in [0.4, 0.5) is 11.9 Å². The molecule has 8 rings (SSSR count). The number of hydrogen-bond donors (Lipinski definition) is 8. The van der Waals surface area contributed by atoms with E-state index in [9.17, 15) is 19.8 Å². The molecule has 6 heterocycles. The zero-order valence-corrected chi connectivity index (χ0v) is 23.5. The molecule has 0 spiro atoms. The molecule has 0 aliphatic carbocycles. The molecule has 0 atom stereocenters. The van der Waals surface area contributed by atoms with Crippen LogP contribution < -0.4 is 21.3 Å². The van der Waals surface area contributed by atoms with Crippen molar-refractivity contribution in [1.29, 1.82) is 0 Å². The second kappa shape index (κ2) is 9.84. The molecule has 2 saturated heterocycles. The molecule has 0 amide bonds. The summed E-state index contributed by atoms with van der Waals surface area (Å²) in [6.45, 7) is 0. The highest BCUT2D eigenvalue weighted by Crippen LogP contribution is 2.42. The molecule has 0 radical (unpaired) electrons. The molecule has 0 bridgehead atoms. The highest BCUT2D eigenvalue weighted by molar-refractivity contribution is 5.96. The number of aliphatic imine (C=N–C) groups is 2. The summed E-state index contributed by atoms with van der Waals surface area (Å²) in [5, 5.41) is 32.5. The maximum absolute atomic E-state index is 11.5. The summed E-state index contributed by atoms with van der Waals surface area (Å²) >= 11 is 0. The number of hydrogen-bond acceptors (Lipinski definition) is 8. The Labute approximate surface area is 257 Å². The number of aromatic amines is 2. The molecule has 2 fully saturated rings. The summed E-state index contributed by atoms with van der Waals surface area (Å²) in [5.74, 6) is -1.03. The van der Waals surface area contributed by atoms with Gasteiger partial charge in [0, 0.05) is 12.4 Å². The third-order valence-electron chi connectivity index (χ3n) is 7.75. The number of rotatable bonds is 6. The average molecular weight is 615 g/mol. The Morgan fingerprint density at radius 1 is 0.609 bits per heavy atom. The predicted octanol–water partition coefficient (Wildman–Crippen LogP) is 2.39. The lowest BCUT2D eigenvalue weighted by Gasteiger charge is -2.36. The van der Waals surface area contributed by atoms with E-state index in [0.29, 0.717) is 45.4 Å². The van der Waals surface area contributed by atoms with E-state index in [1.54, 1.807) is 36.7 Å². The van der Waals surface area contributed by atoms with Gasteiger partial charge in [-0.1, -0.05) is 12.1 Å². The number of pyridine rings is 2. The van der Waals surface area contributed by atoms with Gasteiger partial charge in [-0.25, -0.2) is 19.6 Å². The van der Waals surface area contributed by atoms with Crippen molar-refractivity contribution in [3.63, 3.8) is 0 Å². The smallest absolute Gasteiger partial charge is 0.335 e. The Bertz CT molecular complexity index is 2070. The molecule has 8 N–H and O–H groups in total. The molecule has 226 valence electrons. The fraction of sp³-hybridized carbons (Fsp3) is 0.0667. The van der Waals surface area contributed by atoms with Gasteiger partial charge < -0.3 is 41.4 Å². The Hall–Kier alpha value is -6.84. The first kappa shape index (κ1) is 26.8. The van der Waals surface area contributed by atoms with E-state index in [2.05, 4.69) is 51.2 Å². The number of nitrogens with one attached hydrogen (secondary N) is 6. The number of benzene rings is 2. The Morgan fingerprint density at radius 2 is 1.04 bits per heavy atom. The lowest BCUT2D eigenvalue weighted by molar-refractivity contribution is 0.0686. The largest absolute Gasteiger partial charge is 0.478 e. The fourth-order valence-corrected chi connectivity index (χ4v) is 5.70. The van der Waals surface area contributed by atoms with Crippen LogP contribution in [0, 0.1) is 0 Å². The van der Waals surface area contributed by atoms with Gasteiger partial charge in [0.1, 0.15) is 0 Å². The molecule has 6 aromatic rings. The zero-order chi connectivity index (χ0) is 31.5. The number of aromatic nitrogens is 6. The van der Waals surface area contributed by atoms with Crippen molar-refractivity contribution in [2.45, 2.75) is 11.3 Å². The van der Waals surface area contributed by atoms with Crippen LogP contribution in [0.25, 0.3) is 22.1 Å². The predicted molar refractivity (Wildman–Crippen MR) is 165 cm³/mol. The third kappa shape index (κ3) is 4.15. The second-order valence-corrected chi connectivity index (χ2v) is 10.5. The maximum atomic E-state index is 11.5. The summed E-state index contributed by atoms with van der Waals surface area (Å²) in [5.41, 5.74) is 1.01. The SMILES string of the molecule is O=C(O)c1ccc2[nH]c(N=C3NC4(c5ccccn5)NC(=Nc5nc6cc(C(=O)O)ccc6[nH]5)NC4(c4ccccn4)N3)nc2c1. The number of fused-ring (bicyclic) bond motifs is 3. The number of imidazole rings is 2. The minimum Gasteiger partial charge on any atom is -0.478 e. The van der Waals surface area contributed by atoms with E-state index in [1.165, 1.54) is 24.3 Å². The van der Waals surface area contributed by atoms with Crippen LogP contribution in [0.15, 0.2) is 95.2 Å². The lowest BCUT2D eigenvalue weighted by Crippen LogP contribution is -2.61. The van der Waals surface area contributed by atoms with Gasteiger partial charge in [-0.15, -0.1) is 0 Å². The van der Waals surface area contributed by atoms with Crippen molar-refractivity contribution in [3.05, 3.63) is 108 Å². The van der Waals surface area contributed by atoms with Gasteiger partial charge in [0.15, 0.2) is 0 Å². The first-order valence-corrected chi connectivity index (χ1v) is 13.9. The summed E-state index contributed by atoms with van der Waals surface area (Å²) in [6, 6.07) is 20.2. The van der Waals surface area contributed by atoms with Crippen LogP contribution in [0.1, 0.15) is 32.1 Å². The zero-order valence-electron chi connectivity index (χ0n) is 23.5. The standard InChI is InChI=1S/C30H22N12O4/c43-23(44)15-7-9-17-19(13-15)35-25(33-17)37-27-39-29(21-5-1-3-11-31-21)30(41-27,22-6-2-4-12-32-22)42-28(40-29)38-26-34-18-10-8-16(24(45)46)14-20(18)36-26/h1-14H,(H,43,44)(H,45,46)(H3,33,35,37,39,41)(H3,34,36,38,40,42). The quantitative estimate of drug-likeness (QED) is 0.135. The Morgan fingerprint density at radius 3 is 1.41 bits per heavy atom. The van der Waals surface area contributed by atoms with Gasteiger partial charge in [0.05, 0.1) is 44.6 Å². The van der Waals surface area contributed by atoms with Crippen LogP contribution >= 0.6 is 0 Å². The van der Waals surface area contributed by atoms with E-state index in [4.69, 9.17) is 9.98 Å². The Kier molecular flexibility index (Phi) is 5.73. The van der Waals surface area contributed by atoms with Crippen molar-refractivity contribution >= 4 is 57.8 Å². The molecule has 46 heavy (non-hydrogen) atoms. The van der Waals surface area contributed by atoms with Gasteiger partial charge in [-0.2, -0.15) is 9.98 Å². The normalized spacial score (nSPS) is 20.0. The monoisotopic (exact) mass is 614 g/mol. The number of carbonyl (C=O) groups is 2. The summed E-state index contributed by atoms with van der Waals surface area (Å²) in [7, 11) is 0. The minimum atomic E-state index is -1.24. The maximum Gasteiger partial charge on any atom is 0.335 e. The highest BCUT2D eigenvalue weighted by Gasteiger charge is 2.67. The van der Waals surface area contributed by atoms with Crippen LogP contribution in [-0.2, 0) is 11.3 Å². The molecule has 0 unspecified atom stereocenters. The van der Waals surface area contributed by atoms with Crippen molar-refractivity contribution in [3.8, 4) is 0 Å². The van der Waals surface area contributed by atoms with E-state index >= 15 is 0 Å². The van der Waals surface area contributed by atoms with Crippen molar-refractivity contribution in [2.24, 2.45) is 9.98 Å². The van der Waals surface area contributed by atoms with Gasteiger partial charge in [0.25, 0.3) is 0 Å². The van der Waals surface area contributed by atoms with Gasteiger partial charge in [0.2, 0.25) is 35.1 Å². The molecular formula is C30H22N12O4. The third-order valence-corrected chi connectivity index (χ3v) is 7.75. The van der Waals surface area contributed by atoms with E-state index in [1.807, 2.05) is 24.3 Å². The number of guanidine groups is 2. The summed E-state index contributed by atoms with van der Waals surface area (Å²) in [6.07, 6.45) is 3.33. The van der Waals surface area contributed by atoms with Crippen LogP contribution in [0.2, 0.25) is 0 Å². The van der Waals surface area contributed by atoms with Crippen molar-refractivity contribution in [2.75, 3.05) is 0 Å². The molecule has 0 saturated carbocycles. The number of nitrogens with zero attached hydrogens (tertiary/aromatic N) is 6. The van der Waals surface area contributed by atoms with Crippen LogP contribution in [0.5, 0.6) is 0 Å². The van der Waals surface area contributed by atoms with Crippen molar-refractivity contribution < 1.29 is 19.8 Å². The van der Waals surface area contributed by atoms with Crippen LogP contribution in [0.3, 0.4) is 0 Å². The van der Waals surface area contributed by atoms with Crippen LogP contribution in [-0.4, -0.2) is 64.0 Å². The summed E-state index contributed by atoms with van der Waals surface area (Å²) < 4.78 is 0. The molecule has 4 aromatic heterocycles. The molecular weight excluding hydrogens is 592 g/mol. The topological polar surface area (TPSA) is 231 Å². The number of carboxylic acids is 2. The summed E-state index contributed by atoms with van der Waals surface area (Å²) in [4.78, 5) is 56.8. The number of aromatic carboxylic acids is 2. The van der Waals surface area contributed by atoms with Gasteiger partial charge >= 0.3 is 11.9 Å². The van der Waals surface area contributed by atoms with E-state index in [0.717, 1.165) is 0 Å². The first-order valence-electron chi connectivity index (χ1n) is 13.9. The Balaban J connectivity index is 1.24. The molecule has 2 aliphatic rings. The van der Waals surface area contributed by atoms with Gasteiger partial charge in [-0.05, 0) is 60.7 Å². The number of H-pyrrole nitrogens is 2. The van der Waals surface area contributed by atoms with E-state index < -0.39 is 23.3 Å². The highest BCUT2D eigenvalue weighted by atomic mass is 16.4. The van der Waals surface area contributed by atoms with Crippen molar-refractivity contribution in [1.82, 2.24) is 51.2 Å².